The molecule has 0 spiro atoms. The van der Waals surface area contributed by atoms with Crippen LogP contribution in [0.5, 0.6) is 11.5 Å². The van der Waals surface area contributed by atoms with E-state index in [1.165, 1.54) is 7.11 Å². The van der Waals surface area contributed by atoms with Gasteiger partial charge in [-0.25, -0.2) is 8.42 Å². The molecule has 0 bridgehead atoms. The first-order valence-corrected chi connectivity index (χ1v) is 10.2. The number of amides is 1. The number of piperazine rings is 1. The van der Waals surface area contributed by atoms with Gasteiger partial charge in [-0.1, -0.05) is 0 Å². The molecule has 3 rings (SSSR count). The van der Waals surface area contributed by atoms with Crippen molar-refractivity contribution in [2.45, 2.75) is 12.5 Å². The van der Waals surface area contributed by atoms with E-state index in [9.17, 15) is 13.2 Å². The Morgan fingerprint density at radius 1 is 1.12 bits per heavy atom. The molecule has 0 aliphatic carbocycles. The quantitative estimate of drug-likeness (QED) is 0.777. The number of carbonyl (C=O) groups is 1. The van der Waals surface area contributed by atoms with Crippen LogP contribution >= 0.6 is 0 Å². The number of ether oxygens (including phenoxy) is 2. The van der Waals surface area contributed by atoms with E-state index >= 15 is 0 Å². The lowest BCUT2D eigenvalue weighted by Gasteiger charge is -2.37. The lowest BCUT2D eigenvalue weighted by molar-refractivity contribution is 0.0584. The first kappa shape index (κ1) is 18.0. The summed E-state index contributed by atoms with van der Waals surface area (Å²) in [6.07, 6.45) is 0.694. The van der Waals surface area contributed by atoms with Crippen LogP contribution < -0.4 is 9.47 Å². The van der Waals surface area contributed by atoms with Gasteiger partial charge in [0.2, 0.25) is 0 Å². The van der Waals surface area contributed by atoms with E-state index in [4.69, 9.17) is 9.47 Å². The van der Waals surface area contributed by atoms with Gasteiger partial charge in [-0.3, -0.25) is 9.69 Å². The van der Waals surface area contributed by atoms with Crippen LogP contribution in [0.2, 0.25) is 0 Å². The zero-order valence-electron chi connectivity index (χ0n) is 14.6. The molecule has 1 atom stereocenters. The Morgan fingerprint density at radius 3 is 2.40 bits per heavy atom. The number of methoxy groups -OCH3 is 2. The molecule has 0 saturated carbocycles. The minimum absolute atomic E-state index is 0.0885. The van der Waals surface area contributed by atoms with Gasteiger partial charge in [-0.15, -0.1) is 0 Å². The Kier molecular flexibility index (Phi) is 5.19. The molecule has 1 aromatic rings. The van der Waals surface area contributed by atoms with Crippen molar-refractivity contribution in [3.63, 3.8) is 0 Å². The third-order valence-electron chi connectivity index (χ3n) is 4.96. The van der Waals surface area contributed by atoms with Crippen molar-refractivity contribution in [1.82, 2.24) is 9.80 Å². The summed E-state index contributed by atoms with van der Waals surface area (Å²) >= 11 is 0. The molecule has 2 heterocycles. The fourth-order valence-electron chi connectivity index (χ4n) is 3.51. The largest absolute Gasteiger partial charge is 0.497 e. The Labute approximate surface area is 148 Å². The molecule has 7 nitrogen and oxygen atoms in total. The molecule has 2 saturated heterocycles. The number of benzene rings is 1. The molecule has 25 heavy (non-hydrogen) atoms. The van der Waals surface area contributed by atoms with Gasteiger partial charge in [0.25, 0.3) is 5.91 Å². The predicted molar refractivity (Wildman–Crippen MR) is 94.1 cm³/mol. The molecule has 1 amide bonds. The van der Waals surface area contributed by atoms with Gasteiger partial charge < -0.3 is 14.4 Å². The molecule has 8 heteroatoms. The van der Waals surface area contributed by atoms with Crippen molar-refractivity contribution in [3.8, 4) is 11.5 Å². The maximum absolute atomic E-state index is 12.9. The topological polar surface area (TPSA) is 76.2 Å². The fraction of sp³-hybridized carbons (Fsp3) is 0.588. The van der Waals surface area contributed by atoms with Crippen LogP contribution in [-0.2, 0) is 9.84 Å². The third kappa shape index (κ3) is 3.90. The van der Waals surface area contributed by atoms with Gasteiger partial charge in [0, 0.05) is 32.2 Å². The highest BCUT2D eigenvalue weighted by molar-refractivity contribution is 7.91. The second kappa shape index (κ2) is 7.21. The summed E-state index contributed by atoms with van der Waals surface area (Å²) in [5.74, 6) is 1.56. The zero-order chi connectivity index (χ0) is 18.0. The van der Waals surface area contributed by atoms with Gasteiger partial charge >= 0.3 is 0 Å². The van der Waals surface area contributed by atoms with E-state index in [1.54, 1.807) is 30.2 Å². The normalized spacial score (nSPS) is 23.4. The number of hydrogen-bond acceptors (Lipinski definition) is 6. The monoisotopic (exact) mass is 368 g/mol. The molecule has 1 aromatic carbocycles. The summed E-state index contributed by atoms with van der Waals surface area (Å²) in [6, 6.07) is 5.27. The Balaban J connectivity index is 1.66. The highest BCUT2D eigenvalue weighted by Gasteiger charge is 2.34. The SMILES string of the molecule is COc1ccc(OC)c(C(=O)N2CCN([C@H]3CCS(=O)(=O)C3)CC2)c1. The Bertz CT molecular complexity index is 741. The molecule has 0 aromatic heterocycles. The average molecular weight is 368 g/mol. The first-order chi connectivity index (χ1) is 11.9. The number of carbonyl (C=O) groups excluding carboxylic acids is 1. The van der Waals surface area contributed by atoms with E-state index in [0.717, 1.165) is 0 Å². The van der Waals surface area contributed by atoms with Gasteiger partial charge in [-0.05, 0) is 24.6 Å². The summed E-state index contributed by atoms with van der Waals surface area (Å²) in [7, 11) is 0.212. The van der Waals surface area contributed by atoms with Crippen LogP contribution in [0.3, 0.4) is 0 Å². The van der Waals surface area contributed by atoms with Crippen molar-refractivity contribution >= 4 is 15.7 Å². The van der Waals surface area contributed by atoms with Crippen molar-refractivity contribution in [2.75, 3.05) is 51.9 Å². The predicted octanol–water partition coefficient (Wildman–Crippen LogP) is 0.649. The van der Waals surface area contributed by atoms with Crippen LogP contribution in [0, 0.1) is 0 Å². The maximum Gasteiger partial charge on any atom is 0.257 e. The number of sulfone groups is 1. The molecule has 2 aliphatic heterocycles. The van der Waals surface area contributed by atoms with Gasteiger partial charge in [0.15, 0.2) is 9.84 Å². The summed E-state index contributed by atoms with van der Waals surface area (Å²) in [5, 5.41) is 0. The average Bonchev–Trinajstić information content (AvgIpc) is 3.00. The fourth-order valence-corrected chi connectivity index (χ4v) is 5.27. The number of nitrogens with zero attached hydrogens (tertiary/aromatic N) is 2. The maximum atomic E-state index is 12.9. The number of rotatable bonds is 4. The summed E-state index contributed by atoms with van der Waals surface area (Å²) in [4.78, 5) is 16.8. The van der Waals surface area contributed by atoms with E-state index in [0.29, 0.717) is 49.7 Å². The summed E-state index contributed by atoms with van der Waals surface area (Å²) in [6.45, 7) is 2.54. The molecule has 2 fully saturated rings. The van der Waals surface area contributed by atoms with Crippen LogP contribution in [0.15, 0.2) is 18.2 Å². The highest BCUT2D eigenvalue weighted by Crippen LogP contribution is 2.26. The summed E-state index contributed by atoms with van der Waals surface area (Å²) in [5.41, 5.74) is 0.485. The van der Waals surface area contributed by atoms with Gasteiger partial charge in [0.05, 0.1) is 31.3 Å². The third-order valence-corrected chi connectivity index (χ3v) is 6.71. The van der Waals surface area contributed by atoms with Crippen molar-refractivity contribution in [2.24, 2.45) is 0 Å². The van der Waals surface area contributed by atoms with E-state index < -0.39 is 9.84 Å². The van der Waals surface area contributed by atoms with Crippen LogP contribution in [0.4, 0.5) is 0 Å². The molecule has 2 aliphatic rings. The lowest BCUT2D eigenvalue weighted by Crippen LogP contribution is -2.52. The van der Waals surface area contributed by atoms with E-state index in [1.807, 2.05) is 0 Å². The second-order valence-corrected chi connectivity index (χ2v) is 8.68. The molecular formula is C17H24N2O5S. The Morgan fingerprint density at radius 2 is 1.84 bits per heavy atom. The van der Waals surface area contributed by atoms with Crippen molar-refractivity contribution < 1.29 is 22.7 Å². The lowest BCUT2D eigenvalue weighted by atomic mass is 10.1. The second-order valence-electron chi connectivity index (χ2n) is 6.45. The molecule has 0 unspecified atom stereocenters. The standard InChI is InChI=1S/C17H24N2O5S/c1-23-14-3-4-16(24-2)15(11-14)17(20)19-8-6-18(7-9-19)13-5-10-25(21,22)12-13/h3-4,11,13H,5-10,12H2,1-2H3/t13-/m0/s1. The van der Waals surface area contributed by atoms with Crippen LogP contribution in [-0.4, -0.2) is 82.1 Å². The van der Waals surface area contributed by atoms with Crippen LogP contribution in [0.1, 0.15) is 16.8 Å². The minimum Gasteiger partial charge on any atom is -0.497 e. The molecular weight excluding hydrogens is 344 g/mol. The zero-order valence-corrected chi connectivity index (χ0v) is 15.4. The van der Waals surface area contributed by atoms with Gasteiger partial charge in [-0.2, -0.15) is 0 Å². The smallest absolute Gasteiger partial charge is 0.257 e. The van der Waals surface area contributed by atoms with Crippen molar-refractivity contribution in [1.29, 1.82) is 0 Å². The van der Waals surface area contributed by atoms with E-state index in [-0.39, 0.29) is 23.5 Å². The Hall–Kier alpha value is -1.80. The van der Waals surface area contributed by atoms with Crippen molar-refractivity contribution in [3.05, 3.63) is 23.8 Å². The van der Waals surface area contributed by atoms with Crippen LogP contribution in [0.25, 0.3) is 0 Å². The molecule has 0 radical (unpaired) electrons. The molecule has 0 N–H and O–H groups in total. The highest BCUT2D eigenvalue weighted by atomic mass is 32.2. The summed E-state index contributed by atoms with van der Waals surface area (Å²) < 4.78 is 33.8. The number of hydrogen-bond donors (Lipinski definition) is 0. The molecule has 138 valence electrons. The first-order valence-electron chi connectivity index (χ1n) is 8.39. The minimum atomic E-state index is -2.89. The van der Waals surface area contributed by atoms with E-state index in [2.05, 4.69) is 4.90 Å². The van der Waals surface area contributed by atoms with Gasteiger partial charge in [0.1, 0.15) is 11.5 Å².